The number of hydrogen-bond donors (Lipinski definition) is 1. The van der Waals surface area contributed by atoms with Crippen molar-refractivity contribution in [1.82, 2.24) is 0 Å². The molecule has 0 aliphatic carbocycles. The van der Waals surface area contributed by atoms with E-state index in [0.29, 0.717) is 0 Å². The van der Waals surface area contributed by atoms with Crippen LogP contribution in [0.25, 0.3) is 0 Å². The number of carbonyl (C=O) groups is 1. The van der Waals surface area contributed by atoms with Gasteiger partial charge in [0.05, 0.1) is 45.7 Å². The summed E-state index contributed by atoms with van der Waals surface area (Å²) in [5.74, 6) is -0.555. The van der Waals surface area contributed by atoms with Crippen LogP contribution in [0.15, 0.2) is 152 Å². The van der Waals surface area contributed by atoms with Gasteiger partial charge in [-0.05, 0) is 34.7 Å². The summed E-state index contributed by atoms with van der Waals surface area (Å²) in [5.41, 5.74) is 4.66. The molecule has 0 unspecified atom stereocenters. The lowest BCUT2D eigenvalue weighted by Crippen LogP contribution is -2.65. The predicted molar refractivity (Wildman–Crippen MR) is 222 cm³/mol. The fourth-order valence-electron chi connectivity index (χ4n) is 7.47. The van der Waals surface area contributed by atoms with Crippen LogP contribution in [0.1, 0.15) is 41.7 Å². The zero-order valence-electron chi connectivity index (χ0n) is 34.0. The lowest BCUT2D eigenvalue weighted by molar-refractivity contribution is -0.366. The molecule has 10 atom stereocenters. The van der Waals surface area contributed by atoms with Crippen LogP contribution in [-0.2, 0) is 80.5 Å². The number of rotatable bonds is 19. The molecule has 0 bridgehead atoms. The quantitative estimate of drug-likeness (QED) is 0.0845. The van der Waals surface area contributed by atoms with Crippen LogP contribution >= 0.6 is 0 Å². The zero-order chi connectivity index (χ0) is 41.5. The van der Waals surface area contributed by atoms with E-state index in [9.17, 15) is 9.90 Å². The second-order valence-corrected chi connectivity index (χ2v) is 15.0. The Kier molecular flexibility index (Phi) is 16.0. The van der Waals surface area contributed by atoms with Crippen molar-refractivity contribution in [3.63, 3.8) is 0 Å². The van der Waals surface area contributed by atoms with Gasteiger partial charge in [0.15, 0.2) is 18.7 Å². The van der Waals surface area contributed by atoms with Crippen molar-refractivity contribution >= 4 is 5.97 Å². The van der Waals surface area contributed by atoms with Gasteiger partial charge in [0.2, 0.25) is 0 Å². The van der Waals surface area contributed by atoms with Gasteiger partial charge in [-0.15, -0.1) is 0 Å². The molecule has 0 amide bonds. The Morgan fingerprint density at radius 3 is 1.32 bits per heavy atom. The van der Waals surface area contributed by atoms with Crippen LogP contribution in [-0.4, -0.2) is 79.1 Å². The first-order valence-corrected chi connectivity index (χ1v) is 20.5. The molecule has 0 radical (unpaired) electrons. The van der Waals surface area contributed by atoms with Crippen LogP contribution in [0.5, 0.6) is 0 Å². The maximum absolute atomic E-state index is 13.0. The van der Waals surface area contributed by atoms with Gasteiger partial charge in [0, 0.05) is 6.92 Å². The first-order chi connectivity index (χ1) is 29.4. The highest BCUT2D eigenvalue weighted by atomic mass is 16.7. The van der Waals surface area contributed by atoms with Crippen LogP contribution < -0.4 is 0 Å². The van der Waals surface area contributed by atoms with E-state index in [1.165, 1.54) is 6.92 Å². The molecule has 11 heteroatoms. The summed E-state index contributed by atoms with van der Waals surface area (Å²) < 4.78 is 58.6. The molecular formula is C49H54O11. The van der Waals surface area contributed by atoms with Gasteiger partial charge in [-0.2, -0.15) is 0 Å². The summed E-state index contributed by atoms with van der Waals surface area (Å²) in [5, 5.41) is 11.7. The molecular weight excluding hydrogens is 765 g/mol. The minimum absolute atomic E-state index is 0.0183. The van der Waals surface area contributed by atoms with Crippen LogP contribution in [0.4, 0.5) is 0 Å². The molecule has 2 heterocycles. The smallest absolute Gasteiger partial charge is 0.303 e. The van der Waals surface area contributed by atoms with E-state index >= 15 is 0 Å². The molecule has 5 aromatic carbocycles. The van der Waals surface area contributed by atoms with E-state index in [-0.39, 0.29) is 39.6 Å². The normalized spacial score (nSPS) is 26.6. The first kappa shape index (κ1) is 43.3. The SMILES string of the molecule is CC(=O)O[C@H]1[C@H](O[C@@H]2[C@H](OCc3ccccc3)[C@@H](OCc3ccccc3)[C@@H](O)O[C@@H]2COCc2ccccc2)O[C@@H](C)[C@H](OCc2ccccc2)[C@H]1OCc1ccccc1. The van der Waals surface area contributed by atoms with Crippen LogP contribution in [0.2, 0.25) is 0 Å². The summed E-state index contributed by atoms with van der Waals surface area (Å²) >= 11 is 0. The molecule has 5 aromatic rings. The Morgan fingerprint density at radius 1 is 0.500 bits per heavy atom. The van der Waals surface area contributed by atoms with Crippen molar-refractivity contribution in [1.29, 1.82) is 0 Å². The van der Waals surface area contributed by atoms with Crippen molar-refractivity contribution in [3.8, 4) is 0 Å². The van der Waals surface area contributed by atoms with E-state index in [1.807, 2.05) is 159 Å². The van der Waals surface area contributed by atoms with Crippen LogP contribution in [0.3, 0.4) is 0 Å². The van der Waals surface area contributed by atoms with Crippen molar-refractivity contribution < 1.29 is 52.5 Å². The molecule has 316 valence electrons. The monoisotopic (exact) mass is 818 g/mol. The molecule has 7 rings (SSSR count). The third kappa shape index (κ3) is 12.2. The Labute approximate surface area is 352 Å². The third-order valence-electron chi connectivity index (χ3n) is 10.5. The number of aliphatic hydroxyl groups excluding tert-OH is 1. The molecule has 2 aliphatic heterocycles. The minimum atomic E-state index is -1.41. The number of aliphatic hydroxyl groups is 1. The molecule has 2 fully saturated rings. The number of hydrogen-bond acceptors (Lipinski definition) is 11. The highest BCUT2D eigenvalue weighted by molar-refractivity contribution is 5.66. The summed E-state index contributed by atoms with van der Waals surface area (Å²) in [4.78, 5) is 13.0. The van der Waals surface area contributed by atoms with Gasteiger partial charge in [-0.25, -0.2) is 0 Å². The van der Waals surface area contributed by atoms with Gasteiger partial charge in [0.25, 0.3) is 0 Å². The number of ether oxygens (including phenoxy) is 9. The van der Waals surface area contributed by atoms with Crippen molar-refractivity contribution in [2.24, 2.45) is 0 Å². The summed E-state index contributed by atoms with van der Waals surface area (Å²) in [7, 11) is 0. The highest BCUT2D eigenvalue weighted by Crippen LogP contribution is 2.35. The summed E-state index contributed by atoms with van der Waals surface area (Å²) in [6.07, 6.45) is -9.58. The standard InChI is InChI=1S/C49H54O11/c1-34-42(53-29-37-20-10-4-11-21-37)44(54-30-38-22-12-5-13-23-38)47(58-35(2)50)49(57-34)60-43-41(33-52-28-36-18-8-3-9-19-36)59-48(51)46(56-32-40-26-16-7-17-27-40)45(43)55-31-39-24-14-6-15-25-39/h3-27,34,41-49,51H,28-33H2,1-2H3/t34-,41+,42-,43-,44+,45-,46+,47+,48-,49-/m0/s1. The van der Waals surface area contributed by atoms with Gasteiger partial charge in [0.1, 0.15) is 36.6 Å². The second kappa shape index (κ2) is 22.2. The number of carbonyl (C=O) groups excluding carboxylic acids is 1. The Bertz CT molecular complexity index is 1970. The zero-order valence-corrected chi connectivity index (χ0v) is 34.0. The van der Waals surface area contributed by atoms with E-state index < -0.39 is 67.4 Å². The van der Waals surface area contributed by atoms with Crippen molar-refractivity contribution in [2.75, 3.05) is 6.61 Å². The van der Waals surface area contributed by atoms with Gasteiger partial charge in [-0.3, -0.25) is 4.79 Å². The summed E-state index contributed by atoms with van der Waals surface area (Å²) in [6.45, 7) is 4.35. The lowest BCUT2D eigenvalue weighted by Gasteiger charge is -2.49. The van der Waals surface area contributed by atoms with E-state index in [2.05, 4.69) is 0 Å². The maximum Gasteiger partial charge on any atom is 0.303 e. The molecule has 2 saturated heterocycles. The van der Waals surface area contributed by atoms with Crippen LogP contribution in [0, 0.1) is 0 Å². The average molecular weight is 819 g/mol. The maximum atomic E-state index is 13.0. The summed E-state index contributed by atoms with van der Waals surface area (Å²) in [6, 6.07) is 48.7. The van der Waals surface area contributed by atoms with E-state index in [4.69, 9.17) is 42.6 Å². The Balaban J connectivity index is 1.21. The minimum Gasteiger partial charge on any atom is -0.454 e. The number of benzene rings is 5. The van der Waals surface area contributed by atoms with Crippen molar-refractivity contribution in [3.05, 3.63) is 179 Å². The predicted octanol–water partition coefficient (Wildman–Crippen LogP) is 7.32. The fraction of sp³-hybridized carbons (Fsp3) is 0.367. The Morgan fingerprint density at radius 2 is 0.883 bits per heavy atom. The third-order valence-corrected chi connectivity index (χ3v) is 10.5. The molecule has 0 saturated carbocycles. The Hall–Kier alpha value is -4.79. The lowest BCUT2D eigenvalue weighted by atomic mass is 9.96. The first-order valence-electron chi connectivity index (χ1n) is 20.5. The molecule has 1 N–H and O–H groups in total. The second-order valence-electron chi connectivity index (χ2n) is 15.0. The van der Waals surface area contributed by atoms with E-state index in [1.54, 1.807) is 0 Å². The van der Waals surface area contributed by atoms with E-state index in [0.717, 1.165) is 27.8 Å². The van der Waals surface area contributed by atoms with Gasteiger partial charge < -0.3 is 47.7 Å². The molecule has 0 spiro atoms. The molecule has 2 aliphatic rings. The topological polar surface area (TPSA) is 120 Å². The molecule has 11 nitrogen and oxygen atoms in total. The van der Waals surface area contributed by atoms with Gasteiger partial charge >= 0.3 is 5.97 Å². The largest absolute Gasteiger partial charge is 0.454 e. The van der Waals surface area contributed by atoms with Gasteiger partial charge in [-0.1, -0.05) is 152 Å². The molecule has 60 heavy (non-hydrogen) atoms. The molecule has 0 aromatic heterocycles. The number of esters is 1. The average Bonchev–Trinajstić information content (AvgIpc) is 3.27. The van der Waals surface area contributed by atoms with Crippen molar-refractivity contribution in [2.45, 2.75) is 108 Å². The highest BCUT2D eigenvalue weighted by Gasteiger charge is 2.54. The fourth-order valence-corrected chi connectivity index (χ4v) is 7.47.